The van der Waals surface area contributed by atoms with Crippen LogP contribution < -0.4 is 11.1 Å². The normalized spacial score (nSPS) is 16.5. The summed E-state index contributed by atoms with van der Waals surface area (Å²) in [5.74, 6) is -1.45. The first-order valence-corrected chi connectivity index (χ1v) is 5.46. The van der Waals surface area contributed by atoms with E-state index in [1.165, 1.54) is 0 Å². The molecule has 0 fully saturated rings. The molecule has 0 aliphatic rings. The Balaban J connectivity index is 4.42. The summed E-state index contributed by atoms with van der Waals surface area (Å²) in [7, 11) is 0. The number of rotatable bonds is 6. The van der Waals surface area contributed by atoms with Gasteiger partial charge in [0.15, 0.2) is 0 Å². The Morgan fingerprint density at radius 1 is 1.53 bits per heavy atom. The Morgan fingerprint density at radius 3 is 2.40 bits per heavy atom. The maximum Gasteiger partial charge on any atom is 0.326 e. The van der Waals surface area contributed by atoms with Gasteiger partial charge in [0.25, 0.3) is 0 Å². The molecule has 0 heterocycles. The van der Waals surface area contributed by atoms with Gasteiger partial charge in [-0.15, -0.1) is 0 Å². The average molecular weight is 234 g/mol. The number of carboxylic acids is 1. The Labute approximate surface area is 94.8 Å². The lowest BCUT2D eigenvalue weighted by molar-refractivity contribution is -0.143. The van der Waals surface area contributed by atoms with E-state index in [0.29, 0.717) is 6.42 Å². The number of nitrogens with two attached hydrogens (primary N) is 1. The van der Waals surface area contributed by atoms with Crippen LogP contribution in [0.1, 0.15) is 20.3 Å². The lowest BCUT2D eigenvalue weighted by Gasteiger charge is -2.21. The Kier molecular flexibility index (Phi) is 6.35. The summed E-state index contributed by atoms with van der Waals surface area (Å²) in [4.78, 5) is 22.2. The van der Waals surface area contributed by atoms with Crippen LogP contribution in [0.5, 0.6) is 0 Å². The third-order valence-electron chi connectivity index (χ3n) is 2.31. The molecule has 0 rings (SSSR count). The van der Waals surface area contributed by atoms with Crippen LogP contribution >= 0.6 is 12.6 Å². The van der Waals surface area contributed by atoms with E-state index >= 15 is 0 Å². The van der Waals surface area contributed by atoms with Crippen LogP contribution in [-0.2, 0) is 9.59 Å². The van der Waals surface area contributed by atoms with Crippen molar-refractivity contribution in [1.82, 2.24) is 5.32 Å². The fourth-order valence-electron chi connectivity index (χ4n) is 1.03. The highest BCUT2D eigenvalue weighted by atomic mass is 32.1. The highest BCUT2D eigenvalue weighted by Gasteiger charge is 2.26. The van der Waals surface area contributed by atoms with Crippen LogP contribution in [0.3, 0.4) is 0 Å². The summed E-state index contributed by atoms with van der Waals surface area (Å²) in [6.45, 7) is 3.64. The van der Waals surface area contributed by atoms with Crippen LogP contribution in [0, 0.1) is 5.92 Å². The van der Waals surface area contributed by atoms with Crippen molar-refractivity contribution < 1.29 is 14.7 Å². The summed E-state index contributed by atoms with van der Waals surface area (Å²) in [5.41, 5.74) is 5.43. The van der Waals surface area contributed by atoms with E-state index in [9.17, 15) is 9.59 Å². The van der Waals surface area contributed by atoms with Gasteiger partial charge in [-0.3, -0.25) is 4.79 Å². The second-order valence-corrected chi connectivity index (χ2v) is 3.86. The number of amides is 1. The lowest BCUT2D eigenvalue weighted by Crippen LogP contribution is -2.51. The number of hydrogen-bond acceptors (Lipinski definition) is 4. The average Bonchev–Trinajstić information content (AvgIpc) is 2.22. The minimum absolute atomic E-state index is 0.126. The standard InChI is InChI=1S/C9H18N2O3S/c1-3-5(2)7(9(13)14)11-8(12)6(10)4-15/h5-7,15H,3-4,10H2,1-2H3,(H,11,12)(H,13,14)/t5?,6-,7-/m0/s1. The number of thiol groups is 1. The Bertz CT molecular complexity index is 235. The molecular formula is C9H18N2O3S. The largest absolute Gasteiger partial charge is 0.480 e. The van der Waals surface area contributed by atoms with Gasteiger partial charge < -0.3 is 16.2 Å². The van der Waals surface area contributed by atoms with Crippen LogP contribution in [0.15, 0.2) is 0 Å². The predicted octanol–water partition coefficient (Wildman–Crippen LogP) is -0.141. The van der Waals surface area contributed by atoms with E-state index in [1.54, 1.807) is 6.92 Å². The van der Waals surface area contributed by atoms with E-state index < -0.39 is 24.0 Å². The third kappa shape index (κ3) is 4.53. The van der Waals surface area contributed by atoms with Crippen molar-refractivity contribution in [1.29, 1.82) is 0 Å². The van der Waals surface area contributed by atoms with Crippen molar-refractivity contribution in [3.8, 4) is 0 Å². The van der Waals surface area contributed by atoms with Gasteiger partial charge in [-0.1, -0.05) is 20.3 Å². The summed E-state index contributed by atoms with van der Waals surface area (Å²) in [6.07, 6.45) is 0.674. The maximum atomic E-state index is 11.4. The van der Waals surface area contributed by atoms with Gasteiger partial charge in [-0.05, 0) is 5.92 Å². The first-order chi connectivity index (χ1) is 6.93. The van der Waals surface area contributed by atoms with E-state index in [0.717, 1.165) is 0 Å². The van der Waals surface area contributed by atoms with Crippen LogP contribution in [-0.4, -0.2) is 34.8 Å². The molecule has 5 nitrogen and oxygen atoms in total. The van der Waals surface area contributed by atoms with Crippen molar-refractivity contribution in [3.63, 3.8) is 0 Å². The molecule has 0 aromatic rings. The molecule has 0 aromatic carbocycles. The fourth-order valence-corrected chi connectivity index (χ4v) is 1.19. The number of carbonyl (C=O) groups is 2. The zero-order valence-electron chi connectivity index (χ0n) is 8.93. The molecule has 1 amide bonds. The molecule has 0 spiro atoms. The van der Waals surface area contributed by atoms with Crippen LogP contribution in [0.25, 0.3) is 0 Å². The zero-order chi connectivity index (χ0) is 12.0. The van der Waals surface area contributed by atoms with Crippen LogP contribution in [0.4, 0.5) is 0 Å². The second-order valence-electron chi connectivity index (χ2n) is 3.50. The molecule has 3 atom stereocenters. The van der Waals surface area contributed by atoms with Gasteiger partial charge >= 0.3 is 5.97 Å². The molecule has 0 aliphatic carbocycles. The van der Waals surface area contributed by atoms with Gasteiger partial charge in [-0.25, -0.2) is 4.79 Å². The summed E-state index contributed by atoms with van der Waals surface area (Å²) >= 11 is 3.87. The third-order valence-corrected chi connectivity index (χ3v) is 2.70. The molecule has 1 unspecified atom stereocenters. The number of aliphatic carboxylic acids is 1. The smallest absolute Gasteiger partial charge is 0.326 e. The van der Waals surface area contributed by atoms with Gasteiger partial charge in [0.05, 0.1) is 6.04 Å². The summed E-state index contributed by atoms with van der Waals surface area (Å²) < 4.78 is 0. The Morgan fingerprint density at radius 2 is 2.07 bits per heavy atom. The lowest BCUT2D eigenvalue weighted by atomic mass is 9.99. The Hall–Kier alpha value is -0.750. The summed E-state index contributed by atoms with van der Waals surface area (Å²) in [5, 5.41) is 11.3. The zero-order valence-corrected chi connectivity index (χ0v) is 9.83. The van der Waals surface area contributed by atoms with Gasteiger partial charge in [-0.2, -0.15) is 12.6 Å². The molecule has 88 valence electrons. The minimum atomic E-state index is -1.04. The summed E-state index contributed by atoms with van der Waals surface area (Å²) in [6, 6.07) is -1.65. The van der Waals surface area contributed by atoms with Crippen LogP contribution in [0.2, 0.25) is 0 Å². The fraction of sp³-hybridized carbons (Fsp3) is 0.778. The van der Waals surface area contributed by atoms with Crippen molar-refractivity contribution >= 4 is 24.5 Å². The minimum Gasteiger partial charge on any atom is -0.480 e. The molecule has 0 radical (unpaired) electrons. The molecule has 0 saturated carbocycles. The maximum absolute atomic E-state index is 11.4. The SMILES string of the molecule is CCC(C)[C@H](NC(=O)[C@@H](N)CS)C(=O)O. The molecule has 0 saturated heterocycles. The number of carbonyl (C=O) groups excluding carboxylic acids is 1. The molecule has 4 N–H and O–H groups in total. The van der Waals surface area contributed by atoms with Gasteiger partial charge in [0.2, 0.25) is 5.91 Å². The van der Waals surface area contributed by atoms with Crippen molar-refractivity contribution in [2.45, 2.75) is 32.4 Å². The quantitative estimate of drug-likeness (QED) is 0.481. The number of hydrogen-bond donors (Lipinski definition) is 4. The predicted molar refractivity (Wildman–Crippen MR) is 60.8 cm³/mol. The molecule has 15 heavy (non-hydrogen) atoms. The number of carboxylic acid groups (broad SMARTS) is 1. The van der Waals surface area contributed by atoms with Crippen molar-refractivity contribution in [2.75, 3.05) is 5.75 Å². The highest BCUT2D eigenvalue weighted by molar-refractivity contribution is 7.80. The molecule has 0 aromatic heterocycles. The van der Waals surface area contributed by atoms with E-state index in [1.807, 2.05) is 6.92 Å². The molecule has 0 aliphatic heterocycles. The van der Waals surface area contributed by atoms with Gasteiger partial charge in [0, 0.05) is 5.75 Å². The first kappa shape index (κ1) is 14.2. The molecular weight excluding hydrogens is 216 g/mol. The van der Waals surface area contributed by atoms with E-state index in [-0.39, 0.29) is 11.7 Å². The first-order valence-electron chi connectivity index (χ1n) is 4.83. The second kappa shape index (κ2) is 6.68. The molecule has 0 bridgehead atoms. The highest BCUT2D eigenvalue weighted by Crippen LogP contribution is 2.08. The van der Waals surface area contributed by atoms with Crippen molar-refractivity contribution in [2.24, 2.45) is 11.7 Å². The van der Waals surface area contributed by atoms with Crippen molar-refractivity contribution in [3.05, 3.63) is 0 Å². The van der Waals surface area contributed by atoms with Gasteiger partial charge in [0.1, 0.15) is 6.04 Å². The topological polar surface area (TPSA) is 92.4 Å². The van der Waals surface area contributed by atoms with E-state index in [2.05, 4.69) is 17.9 Å². The molecule has 6 heteroatoms. The monoisotopic (exact) mass is 234 g/mol. The number of nitrogens with one attached hydrogen (secondary N) is 1. The van der Waals surface area contributed by atoms with E-state index in [4.69, 9.17) is 10.8 Å².